The quantitative estimate of drug-likeness (QED) is 0.476. The Morgan fingerprint density at radius 1 is 1.50 bits per heavy atom. The summed E-state index contributed by atoms with van der Waals surface area (Å²) in [5, 5.41) is 3.14. The van der Waals surface area contributed by atoms with Gasteiger partial charge in [0.1, 0.15) is 0 Å². The molecule has 0 amide bonds. The first-order valence-electron chi connectivity index (χ1n) is 2.56. The van der Waals surface area contributed by atoms with Crippen molar-refractivity contribution in [1.29, 1.82) is 0 Å². The Morgan fingerprint density at radius 2 is 2.12 bits per heavy atom. The summed E-state index contributed by atoms with van der Waals surface area (Å²) < 4.78 is 0. The van der Waals surface area contributed by atoms with E-state index in [2.05, 4.69) is 17.2 Å². The lowest BCUT2D eigenvalue weighted by Gasteiger charge is -2.20. The summed E-state index contributed by atoms with van der Waals surface area (Å²) in [6.07, 6.45) is 0. The highest BCUT2D eigenvalue weighted by Crippen LogP contribution is 1.98. The third kappa shape index (κ3) is 1.73. The van der Waals surface area contributed by atoms with Gasteiger partial charge in [-0.3, -0.25) is 0 Å². The molecular weight excluding hydrogens is 122 g/mol. The van der Waals surface area contributed by atoms with Crippen molar-refractivity contribution in [3.05, 3.63) is 0 Å². The van der Waals surface area contributed by atoms with E-state index in [1.807, 2.05) is 6.92 Å². The fourth-order valence-corrected chi connectivity index (χ4v) is 0.595. The van der Waals surface area contributed by atoms with Crippen LogP contribution >= 0.6 is 12.4 Å². The maximum atomic E-state index is 3.14. The fraction of sp³-hybridized carbons (Fsp3) is 0.667. The van der Waals surface area contributed by atoms with Crippen molar-refractivity contribution in [2.75, 3.05) is 13.1 Å². The highest BCUT2D eigenvalue weighted by Gasteiger charge is 2.11. The van der Waals surface area contributed by atoms with Gasteiger partial charge in [0.15, 0.2) is 0 Å². The Bertz CT molecular complexity index is 107. The van der Waals surface area contributed by atoms with E-state index < -0.39 is 0 Å². The van der Waals surface area contributed by atoms with Crippen LogP contribution in [0.4, 0.5) is 0 Å². The average Bonchev–Trinajstić information content (AvgIpc) is 1.55. The molecule has 1 aliphatic heterocycles. The van der Waals surface area contributed by atoms with Crippen LogP contribution in [-0.4, -0.2) is 13.1 Å². The minimum Gasteiger partial charge on any atom is -0.314 e. The van der Waals surface area contributed by atoms with E-state index in [9.17, 15) is 0 Å². The molecule has 46 valence electrons. The van der Waals surface area contributed by atoms with Gasteiger partial charge in [-0.2, -0.15) is 0 Å². The third-order valence-corrected chi connectivity index (χ3v) is 1.13. The van der Waals surface area contributed by atoms with Crippen LogP contribution in [0.5, 0.6) is 0 Å². The number of rotatable bonds is 0. The van der Waals surface area contributed by atoms with Gasteiger partial charge < -0.3 is 5.32 Å². The molecule has 0 aliphatic carbocycles. The molecule has 1 aliphatic rings. The lowest BCUT2D eigenvalue weighted by Crippen LogP contribution is -2.40. The molecule has 1 heterocycles. The normalized spacial score (nSPS) is 17.1. The second-order valence-corrected chi connectivity index (χ2v) is 1.75. The van der Waals surface area contributed by atoms with Crippen LogP contribution in [-0.2, 0) is 0 Å². The van der Waals surface area contributed by atoms with Crippen LogP contribution in [0, 0.1) is 17.8 Å². The summed E-state index contributed by atoms with van der Waals surface area (Å²) in [6.45, 7) is 4.08. The van der Waals surface area contributed by atoms with Gasteiger partial charge in [-0.1, -0.05) is 5.92 Å². The van der Waals surface area contributed by atoms with E-state index in [4.69, 9.17) is 0 Å². The maximum Gasteiger partial charge on any atom is 0.0452 e. The predicted octanol–water partition coefficient (Wildman–Crippen LogP) is 0.651. The van der Waals surface area contributed by atoms with Crippen LogP contribution in [0.15, 0.2) is 0 Å². The van der Waals surface area contributed by atoms with E-state index in [1.54, 1.807) is 0 Å². The molecule has 0 aromatic heterocycles. The predicted molar refractivity (Wildman–Crippen MR) is 37.1 cm³/mol. The van der Waals surface area contributed by atoms with Gasteiger partial charge in [-0.05, 0) is 6.92 Å². The summed E-state index contributed by atoms with van der Waals surface area (Å²) in [4.78, 5) is 0. The van der Waals surface area contributed by atoms with E-state index in [-0.39, 0.29) is 12.4 Å². The zero-order valence-corrected chi connectivity index (χ0v) is 5.72. The molecule has 1 nitrogen and oxygen atoms in total. The summed E-state index contributed by atoms with van der Waals surface area (Å²) in [5.74, 6) is 6.61. The van der Waals surface area contributed by atoms with Crippen LogP contribution in [0.3, 0.4) is 0 Å². The van der Waals surface area contributed by atoms with Crippen molar-refractivity contribution >= 4 is 12.4 Å². The van der Waals surface area contributed by atoms with Gasteiger partial charge in [0.25, 0.3) is 0 Å². The van der Waals surface area contributed by atoms with Crippen LogP contribution in [0.2, 0.25) is 0 Å². The molecule has 0 spiro atoms. The molecule has 2 heteroatoms. The molecule has 0 unspecified atom stereocenters. The summed E-state index contributed by atoms with van der Waals surface area (Å²) in [6, 6.07) is 0. The van der Waals surface area contributed by atoms with Gasteiger partial charge in [-0.15, -0.1) is 18.3 Å². The third-order valence-electron chi connectivity index (χ3n) is 1.13. The van der Waals surface area contributed by atoms with Crippen molar-refractivity contribution in [2.24, 2.45) is 5.92 Å². The Morgan fingerprint density at radius 3 is 2.25 bits per heavy atom. The summed E-state index contributed by atoms with van der Waals surface area (Å²) >= 11 is 0. The molecule has 1 fully saturated rings. The monoisotopic (exact) mass is 131 g/mol. The molecule has 8 heavy (non-hydrogen) atoms. The van der Waals surface area contributed by atoms with Gasteiger partial charge in [0.05, 0.1) is 0 Å². The first-order chi connectivity index (χ1) is 3.43. The summed E-state index contributed by atoms with van der Waals surface area (Å²) in [5.41, 5.74) is 0. The Kier molecular flexibility index (Phi) is 3.68. The lowest BCUT2D eigenvalue weighted by atomic mass is 10.1. The first-order valence-corrected chi connectivity index (χ1v) is 2.56. The number of halogens is 1. The molecular formula is C6H10ClN. The van der Waals surface area contributed by atoms with E-state index >= 15 is 0 Å². The topological polar surface area (TPSA) is 12.0 Å². The first kappa shape index (κ1) is 7.81. The smallest absolute Gasteiger partial charge is 0.0452 e. The Balaban J connectivity index is 0.000000490. The molecule has 0 saturated carbocycles. The Labute approximate surface area is 56.3 Å². The standard InChI is InChI=1S/C6H9N.ClH/c1-2-3-6-4-7-5-6;/h6-7H,4-5H2,1H3;1H. The van der Waals surface area contributed by atoms with E-state index in [0.717, 1.165) is 13.1 Å². The van der Waals surface area contributed by atoms with Gasteiger partial charge in [0.2, 0.25) is 0 Å². The summed E-state index contributed by atoms with van der Waals surface area (Å²) in [7, 11) is 0. The maximum absolute atomic E-state index is 3.14. The number of nitrogens with one attached hydrogen (secondary N) is 1. The minimum absolute atomic E-state index is 0. The van der Waals surface area contributed by atoms with Crippen molar-refractivity contribution in [1.82, 2.24) is 5.32 Å². The molecule has 1 saturated heterocycles. The molecule has 0 radical (unpaired) electrons. The second kappa shape index (κ2) is 3.77. The van der Waals surface area contributed by atoms with Gasteiger partial charge >= 0.3 is 0 Å². The van der Waals surface area contributed by atoms with Crippen LogP contribution < -0.4 is 5.32 Å². The Hall–Kier alpha value is -0.190. The van der Waals surface area contributed by atoms with Crippen molar-refractivity contribution < 1.29 is 0 Å². The number of hydrogen-bond acceptors (Lipinski definition) is 1. The minimum atomic E-state index is 0. The highest BCUT2D eigenvalue weighted by molar-refractivity contribution is 5.85. The molecule has 0 aromatic rings. The molecule has 1 rings (SSSR count). The molecule has 1 N–H and O–H groups in total. The largest absolute Gasteiger partial charge is 0.314 e. The zero-order valence-electron chi connectivity index (χ0n) is 4.90. The van der Waals surface area contributed by atoms with E-state index in [1.165, 1.54) is 0 Å². The zero-order chi connectivity index (χ0) is 5.11. The second-order valence-electron chi connectivity index (χ2n) is 1.75. The molecule has 0 bridgehead atoms. The highest BCUT2D eigenvalue weighted by atomic mass is 35.5. The van der Waals surface area contributed by atoms with Crippen LogP contribution in [0.25, 0.3) is 0 Å². The fourth-order valence-electron chi connectivity index (χ4n) is 0.595. The van der Waals surface area contributed by atoms with Crippen molar-refractivity contribution in [2.45, 2.75) is 6.92 Å². The SMILES string of the molecule is CC#CC1CNC1.Cl. The van der Waals surface area contributed by atoms with Crippen molar-refractivity contribution in [3.8, 4) is 11.8 Å². The van der Waals surface area contributed by atoms with Crippen LogP contribution in [0.1, 0.15) is 6.92 Å². The molecule has 0 aromatic carbocycles. The van der Waals surface area contributed by atoms with Gasteiger partial charge in [-0.25, -0.2) is 0 Å². The van der Waals surface area contributed by atoms with Crippen molar-refractivity contribution in [3.63, 3.8) is 0 Å². The molecule has 0 atom stereocenters. The lowest BCUT2D eigenvalue weighted by molar-refractivity contribution is 0.432. The average molecular weight is 132 g/mol. The number of hydrogen-bond donors (Lipinski definition) is 1. The van der Waals surface area contributed by atoms with E-state index in [0.29, 0.717) is 5.92 Å². The van der Waals surface area contributed by atoms with Gasteiger partial charge in [0, 0.05) is 19.0 Å².